The maximum atomic E-state index is 12.5. The van der Waals surface area contributed by atoms with Crippen molar-refractivity contribution in [1.82, 2.24) is 5.32 Å². The van der Waals surface area contributed by atoms with Gasteiger partial charge < -0.3 is 10.1 Å². The lowest BCUT2D eigenvalue weighted by Gasteiger charge is -2.33. The van der Waals surface area contributed by atoms with Crippen LogP contribution in [0, 0.1) is 5.41 Å². The van der Waals surface area contributed by atoms with Crippen molar-refractivity contribution in [2.45, 2.75) is 13.3 Å². The Labute approximate surface area is 77.0 Å². The first-order valence-corrected chi connectivity index (χ1v) is 4.24. The maximum Gasteiger partial charge on any atom is 0.317 e. The molecule has 1 fully saturated rings. The molecule has 1 N–H and O–H groups in total. The van der Waals surface area contributed by atoms with E-state index < -0.39 is 5.41 Å². The van der Waals surface area contributed by atoms with Gasteiger partial charge in [-0.25, -0.2) is 4.39 Å². The van der Waals surface area contributed by atoms with E-state index in [-0.39, 0.29) is 5.97 Å². The molecular weight excluding hydrogens is 173 g/mol. The fraction of sp³-hybridized carbons (Fsp3) is 0.667. The fourth-order valence-corrected chi connectivity index (χ4v) is 1.55. The summed E-state index contributed by atoms with van der Waals surface area (Å²) in [6.07, 6.45) is 1.08. The summed E-state index contributed by atoms with van der Waals surface area (Å²) in [7, 11) is 1.32. The Morgan fingerprint density at radius 1 is 1.77 bits per heavy atom. The van der Waals surface area contributed by atoms with Crippen LogP contribution in [0.25, 0.3) is 0 Å². The van der Waals surface area contributed by atoms with Crippen LogP contribution in [-0.2, 0) is 9.53 Å². The van der Waals surface area contributed by atoms with Gasteiger partial charge in [-0.2, -0.15) is 0 Å². The third-order valence-corrected chi connectivity index (χ3v) is 2.53. The average molecular weight is 187 g/mol. The molecule has 1 aliphatic rings. The molecule has 0 aromatic heterocycles. The first-order valence-electron chi connectivity index (χ1n) is 4.24. The Bertz CT molecular complexity index is 240. The van der Waals surface area contributed by atoms with Gasteiger partial charge >= 0.3 is 5.97 Å². The molecule has 74 valence electrons. The van der Waals surface area contributed by atoms with Crippen molar-refractivity contribution < 1.29 is 13.9 Å². The van der Waals surface area contributed by atoms with E-state index in [1.165, 1.54) is 7.11 Å². The van der Waals surface area contributed by atoms with Crippen molar-refractivity contribution in [2.75, 3.05) is 20.2 Å². The lowest BCUT2D eigenvalue weighted by molar-refractivity contribution is -0.149. The molecule has 0 saturated carbocycles. The Morgan fingerprint density at radius 3 is 3.00 bits per heavy atom. The van der Waals surface area contributed by atoms with E-state index in [4.69, 9.17) is 0 Å². The lowest BCUT2D eigenvalue weighted by atomic mass is 9.78. The van der Waals surface area contributed by atoms with E-state index >= 15 is 0 Å². The van der Waals surface area contributed by atoms with E-state index in [9.17, 15) is 9.18 Å². The summed E-state index contributed by atoms with van der Waals surface area (Å²) in [5.74, 6) is -0.386. The molecule has 0 radical (unpaired) electrons. The van der Waals surface area contributed by atoms with Gasteiger partial charge in [0.25, 0.3) is 0 Å². The fourth-order valence-electron chi connectivity index (χ4n) is 1.55. The zero-order valence-electron chi connectivity index (χ0n) is 7.89. The highest BCUT2D eigenvalue weighted by molar-refractivity contribution is 5.80. The smallest absolute Gasteiger partial charge is 0.317 e. The van der Waals surface area contributed by atoms with Gasteiger partial charge in [0.05, 0.1) is 13.4 Å². The van der Waals surface area contributed by atoms with E-state index in [2.05, 4.69) is 10.1 Å². The maximum absolute atomic E-state index is 12.5. The summed E-state index contributed by atoms with van der Waals surface area (Å²) in [6, 6.07) is 0. The number of piperidine rings is 1. The number of ether oxygens (including phenoxy) is 1. The van der Waals surface area contributed by atoms with Gasteiger partial charge in [-0.05, 0) is 25.5 Å². The van der Waals surface area contributed by atoms with Gasteiger partial charge in [-0.15, -0.1) is 0 Å². The topological polar surface area (TPSA) is 38.3 Å². The van der Waals surface area contributed by atoms with Crippen LogP contribution in [0.4, 0.5) is 4.39 Å². The lowest BCUT2D eigenvalue weighted by Crippen LogP contribution is -2.45. The molecule has 1 saturated heterocycles. The molecule has 3 nitrogen and oxygen atoms in total. The number of hydrogen-bond acceptors (Lipinski definition) is 3. The molecular formula is C9H14FNO2. The van der Waals surface area contributed by atoms with E-state index in [0.29, 0.717) is 31.4 Å². The van der Waals surface area contributed by atoms with Gasteiger partial charge in [0, 0.05) is 6.54 Å². The Hall–Kier alpha value is -0.900. The highest BCUT2D eigenvalue weighted by Gasteiger charge is 2.40. The number of hydrogen-bond donors (Lipinski definition) is 1. The van der Waals surface area contributed by atoms with Crippen LogP contribution < -0.4 is 5.32 Å². The first kappa shape index (κ1) is 10.2. The van der Waals surface area contributed by atoms with Crippen LogP contribution in [0.5, 0.6) is 0 Å². The quantitative estimate of drug-likeness (QED) is 0.623. The summed E-state index contributed by atoms with van der Waals surface area (Å²) < 4.78 is 17.1. The van der Waals surface area contributed by atoms with Crippen molar-refractivity contribution in [3.63, 3.8) is 0 Å². The summed E-state index contributed by atoms with van der Waals surface area (Å²) >= 11 is 0. The molecule has 4 heteroatoms. The Kier molecular flexibility index (Phi) is 3.03. The second-order valence-corrected chi connectivity index (χ2v) is 3.38. The molecule has 0 aromatic carbocycles. The first-order chi connectivity index (χ1) is 6.15. The molecule has 0 aromatic rings. The third kappa shape index (κ3) is 1.72. The van der Waals surface area contributed by atoms with Gasteiger partial charge in [-0.1, -0.05) is 0 Å². The molecule has 0 bridgehead atoms. The van der Waals surface area contributed by atoms with Crippen molar-refractivity contribution in [2.24, 2.45) is 5.41 Å². The predicted octanol–water partition coefficient (Wildman–Crippen LogP) is 1.01. The molecule has 1 unspecified atom stereocenters. The zero-order chi connectivity index (χ0) is 9.90. The number of methoxy groups -OCH3 is 1. The Morgan fingerprint density at radius 2 is 2.46 bits per heavy atom. The van der Waals surface area contributed by atoms with Crippen LogP contribution in [0.3, 0.4) is 0 Å². The third-order valence-electron chi connectivity index (χ3n) is 2.53. The molecule has 1 heterocycles. The monoisotopic (exact) mass is 187 g/mol. The van der Waals surface area contributed by atoms with Gasteiger partial charge in [0.1, 0.15) is 5.41 Å². The number of carbonyl (C=O) groups excluding carboxylic acids is 1. The minimum atomic E-state index is -0.832. The standard InChI is InChI=1S/C9H14FNO2/c1-9(8(12)13-2)6-11-4-3-7(9)5-10/h5,11H,3-4,6H2,1-2H3/b7-5+. The molecule has 0 spiro atoms. The normalized spacial score (nSPS) is 31.8. The number of halogens is 1. The molecule has 1 aliphatic heterocycles. The summed E-state index contributed by atoms with van der Waals surface area (Å²) in [6.45, 7) is 2.84. The summed E-state index contributed by atoms with van der Waals surface area (Å²) in [5.41, 5.74) is -0.319. The minimum Gasteiger partial charge on any atom is -0.468 e. The highest BCUT2D eigenvalue weighted by atomic mass is 19.1. The summed E-state index contributed by atoms with van der Waals surface area (Å²) in [5, 5.41) is 3.05. The minimum absolute atomic E-state index is 0.386. The van der Waals surface area contributed by atoms with Crippen LogP contribution in [0.2, 0.25) is 0 Å². The van der Waals surface area contributed by atoms with Crippen LogP contribution >= 0.6 is 0 Å². The molecule has 0 aliphatic carbocycles. The van der Waals surface area contributed by atoms with E-state index in [1.54, 1.807) is 6.92 Å². The Balaban J connectivity index is 2.89. The SMILES string of the molecule is COC(=O)C1(C)CNCC/C1=C\F. The van der Waals surface area contributed by atoms with Crippen LogP contribution in [-0.4, -0.2) is 26.2 Å². The van der Waals surface area contributed by atoms with Crippen molar-refractivity contribution >= 4 is 5.97 Å². The number of nitrogens with one attached hydrogen (secondary N) is 1. The zero-order valence-corrected chi connectivity index (χ0v) is 7.89. The number of rotatable bonds is 1. The van der Waals surface area contributed by atoms with Gasteiger partial charge in [0.15, 0.2) is 0 Å². The van der Waals surface area contributed by atoms with Crippen molar-refractivity contribution in [3.8, 4) is 0 Å². The highest BCUT2D eigenvalue weighted by Crippen LogP contribution is 2.32. The second-order valence-electron chi connectivity index (χ2n) is 3.38. The average Bonchev–Trinajstić information content (AvgIpc) is 2.17. The molecule has 0 amide bonds. The van der Waals surface area contributed by atoms with Gasteiger partial charge in [-0.3, -0.25) is 4.79 Å². The largest absolute Gasteiger partial charge is 0.468 e. The second kappa shape index (κ2) is 3.87. The summed E-state index contributed by atoms with van der Waals surface area (Å²) in [4.78, 5) is 11.4. The van der Waals surface area contributed by atoms with E-state index in [1.807, 2.05) is 0 Å². The number of carbonyl (C=O) groups is 1. The van der Waals surface area contributed by atoms with Crippen LogP contribution in [0.15, 0.2) is 11.9 Å². The van der Waals surface area contributed by atoms with Crippen molar-refractivity contribution in [1.29, 1.82) is 0 Å². The molecule has 1 rings (SSSR count). The van der Waals surface area contributed by atoms with E-state index in [0.717, 1.165) is 0 Å². The molecule has 1 atom stereocenters. The predicted molar refractivity (Wildman–Crippen MR) is 46.8 cm³/mol. The molecule has 13 heavy (non-hydrogen) atoms. The van der Waals surface area contributed by atoms with Crippen molar-refractivity contribution in [3.05, 3.63) is 11.9 Å². The number of esters is 1. The van der Waals surface area contributed by atoms with Gasteiger partial charge in [0.2, 0.25) is 0 Å². The van der Waals surface area contributed by atoms with Crippen LogP contribution in [0.1, 0.15) is 13.3 Å².